The van der Waals surface area contributed by atoms with Crippen LogP contribution in [0.5, 0.6) is 0 Å². The fourth-order valence-corrected chi connectivity index (χ4v) is 11.2. The monoisotopic (exact) mass is 873 g/mol. The molecule has 1 nitrogen and oxygen atoms in total. The van der Waals surface area contributed by atoms with Gasteiger partial charge in [0.1, 0.15) is 0 Å². The van der Waals surface area contributed by atoms with Gasteiger partial charge in [-0.15, -0.1) is 0 Å². The molecule has 0 N–H and O–H groups in total. The summed E-state index contributed by atoms with van der Waals surface area (Å²) in [5, 5.41) is 15.2. The lowest BCUT2D eigenvalue weighted by Crippen LogP contribution is -1.94. The van der Waals surface area contributed by atoms with E-state index in [0.29, 0.717) is 0 Å². The smallest absolute Gasteiger partial charge is 0.0541 e. The zero-order valence-corrected chi connectivity index (χ0v) is 37.8. The molecule has 13 aromatic carbocycles. The van der Waals surface area contributed by atoms with Gasteiger partial charge in [0.2, 0.25) is 0 Å². The molecule has 0 fully saturated rings. The van der Waals surface area contributed by atoms with E-state index in [1.807, 2.05) is 0 Å². The summed E-state index contributed by atoms with van der Waals surface area (Å²) in [6.45, 7) is 0. The maximum absolute atomic E-state index is 2.44. The van der Waals surface area contributed by atoms with Crippen molar-refractivity contribution in [1.29, 1.82) is 0 Å². The Morgan fingerprint density at radius 3 is 1.06 bits per heavy atom. The van der Waals surface area contributed by atoms with E-state index in [1.165, 1.54) is 131 Å². The minimum atomic E-state index is 1.14. The Balaban J connectivity index is 0.886. The third-order valence-corrected chi connectivity index (χ3v) is 14.6. The molecule has 14 aromatic rings. The summed E-state index contributed by atoms with van der Waals surface area (Å²) in [6, 6.07) is 96.4. The van der Waals surface area contributed by atoms with Crippen molar-refractivity contribution in [3.63, 3.8) is 0 Å². The number of hydrogen-bond acceptors (Lipinski definition) is 0. The largest absolute Gasteiger partial charge is 0.309 e. The molecule has 320 valence electrons. The van der Waals surface area contributed by atoms with Crippen molar-refractivity contribution in [2.45, 2.75) is 0 Å². The van der Waals surface area contributed by atoms with Gasteiger partial charge in [-0.2, -0.15) is 0 Å². The van der Waals surface area contributed by atoms with Gasteiger partial charge in [0, 0.05) is 16.5 Å². The van der Waals surface area contributed by atoms with Gasteiger partial charge in [0.15, 0.2) is 0 Å². The first-order chi connectivity index (χ1) is 34.2. The molecule has 0 saturated carbocycles. The van der Waals surface area contributed by atoms with Crippen LogP contribution in [0, 0.1) is 0 Å². The second kappa shape index (κ2) is 15.8. The number of rotatable bonds is 6. The summed E-state index contributed by atoms with van der Waals surface area (Å²) in [5.74, 6) is 0. The highest BCUT2D eigenvalue weighted by atomic mass is 15.0. The van der Waals surface area contributed by atoms with Gasteiger partial charge in [0.25, 0.3) is 0 Å². The van der Waals surface area contributed by atoms with E-state index >= 15 is 0 Å². The van der Waals surface area contributed by atoms with Crippen LogP contribution in [0.15, 0.2) is 261 Å². The number of nitrogens with zero attached hydrogens (tertiary/aromatic N) is 1. The van der Waals surface area contributed by atoms with E-state index in [-0.39, 0.29) is 0 Å². The first-order valence-corrected chi connectivity index (χ1v) is 23.9. The number of benzene rings is 13. The van der Waals surface area contributed by atoms with Crippen LogP contribution in [-0.4, -0.2) is 4.57 Å². The Hall–Kier alpha value is -9.04. The predicted molar refractivity (Wildman–Crippen MR) is 295 cm³/mol. The highest BCUT2D eigenvalue weighted by molar-refractivity contribution is 6.16. The maximum atomic E-state index is 2.44. The Morgan fingerprint density at radius 1 is 0.188 bits per heavy atom. The van der Waals surface area contributed by atoms with Crippen LogP contribution >= 0.6 is 0 Å². The Morgan fingerprint density at radius 2 is 0.551 bits per heavy atom. The van der Waals surface area contributed by atoms with Gasteiger partial charge in [-0.1, -0.05) is 212 Å². The molecule has 1 aromatic heterocycles. The van der Waals surface area contributed by atoms with Crippen molar-refractivity contribution in [3.05, 3.63) is 261 Å². The fourth-order valence-electron chi connectivity index (χ4n) is 11.2. The molecule has 0 aliphatic heterocycles. The van der Waals surface area contributed by atoms with Crippen LogP contribution in [0.2, 0.25) is 0 Å². The van der Waals surface area contributed by atoms with E-state index in [2.05, 4.69) is 265 Å². The van der Waals surface area contributed by atoms with Crippen molar-refractivity contribution in [1.82, 2.24) is 4.57 Å². The molecular weight excluding hydrogens is 831 g/mol. The van der Waals surface area contributed by atoms with Crippen LogP contribution < -0.4 is 0 Å². The van der Waals surface area contributed by atoms with Crippen molar-refractivity contribution in [2.24, 2.45) is 0 Å². The minimum absolute atomic E-state index is 1.14. The third kappa shape index (κ3) is 6.47. The molecule has 0 radical (unpaired) electrons. The van der Waals surface area contributed by atoms with Crippen LogP contribution in [0.1, 0.15) is 0 Å². The molecule has 1 heteroatoms. The highest BCUT2D eigenvalue weighted by Gasteiger charge is 2.17. The lowest BCUT2D eigenvalue weighted by atomic mass is 9.92. The summed E-state index contributed by atoms with van der Waals surface area (Å²) in [7, 11) is 0. The maximum Gasteiger partial charge on any atom is 0.0541 e. The number of fused-ring (bicyclic) bond motifs is 10. The third-order valence-electron chi connectivity index (χ3n) is 14.6. The summed E-state index contributed by atoms with van der Waals surface area (Å²) >= 11 is 0. The molecule has 0 aliphatic rings. The first kappa shape index (κ1) is 39.2. The minimum Gasteiger partial charge on any atom is -0.309 e. The molecule has 0 unspecified atom stereocenters. The van der Waals surface area contributed by atoms with Crippen molar-refractivity contribution < 1.29 is 0 Å². The second-order valence-electron chi connectivity index (χ2n) is 18.4. The molecule has 0 spiro atoms. The SMILES string of the molecule is c1ccc2c(-c3ccc(-n4c5ccc(-c6ccc(-c7cc8ccccc8c8ccccc78)cc6)cc5c5cc(-c6ccc(-c7cc8ccccc8c8ccccc78)cc6)ccc54)cc3)cccc2c1. The zero-order valence-electron chi connectivity index (χ0n) is 37.8. The van der Waals surface area contributed by atoms with Crippen molar-refractivity contribution in [2.75, 3.05) is 0 Å². The summed E-state index contributed by atoms with van der Waals surface area (Å²) in [4.78, 5) is 0. The summed E-state index contributed by atoms with van der Waals surface area (Å²) in [5.41, 5.74) is 15.7. The van der Waals surface area contributed by atoms with Gasteiger partial charge in [-0.3, -0.25) is 0 Å². The zero-order chi connectivity index (χ0) is 45.4. The van der Waals surface area contributed by atoms with Crippen molar-refractivity contribution >= 4 is 75.7 Å². The number of hydrogen-bond donors (Lipinski definition) is 0. The fraction of sp³-hybridized carbons (Fsp3) is 0. The molecule has 0 saturated heterocycles. The Labute approximate surface area is 400 Å². The summed E-state index contributed by atoms with van der Waals surface area (Å²) in [6.07, 6.45) is 0. The lowest BCUT2D eigenvalue weighted by molar-refractivity contribution is 1.18. The average molecular weight is 874 g/mol. The normalized spacial score (nSPS) is 11.8. The molecule has 0 aliphatic carbocycles. The summed E-state index contributed by atoms with van der Waals surface area (Å²) < 4.78 is 2.44. The van der Waals surface area contributed by atoms with Crippen LogP contribution in [0.4, 0.5) is 0 Å². The lowest BCUT2D eigenvalue weighted by Gasteiger charge is -2.12. The average Bonchev–Trinajstić information content (AvgIpc) is 3.75. The molecule has 0 amide bonds. The van der Waals surface area contributed by atoms with E-state index in [0.717, 1.165) is 5.69 Å². The molecule has 69 heavy (non-hydrogen) atoms. The molecule has 0 atom stereocenters. The molecule has 1 heterocycles. The van der Waals surface area contributed by atoms with Crippen LogP contribution in [-0.2, 0) is 0 Å². The molecular formula is C68H43N. The molecule has 14 rings (SSSR count). The first-order valence-electron chi connectivity index (χ1n) is 23.9. The van der Waals surface area contributed by atoms with Crippen LogP contribution in [0.3, 0.4) is 0 Å². The number of aromatic nitrogens is 1. The van der Waals surface area contributed by atoms with Gasteiger partial charge in [-0.25, -0.2) is 0 Å². The van der Waals surface area contributed by atoms with E-state index < -0.39 is 0 Å². The van der Waals surface area contributed by atoms with Gasteiger partial charge in [0.05, 0.1) is 11.0 Å². The quantitative estimate of drug-likeness (QED) is 0.147. The van der Waals surface area contributed by atoms with Gasteiger partial charge in [-0.05, 0) is 158 Å². The van der Waals surface area contributed by atoms with Crippen molar-refractivity contribution in [3.8, 4) is 61.3 Å². The Bertz CT molecular complexity index is 4100. The second-order valence-corrected chi connectivity index (χ2v) is 18.4. The van der Waals surface area contributed by atoms with Gasteiger partial charge < -0.3 is 4.57 Å². The highest BCUT2D eigenvalue weighted by Crippen LogP contribution is 2.41. The standard InChI is InChI=1S/C68H43N/c1-4-16-55-46(12-1)15-11-23-56(55)47-32-36-54(37-33-47)69-67-38-34-50(44-24-28-48(29-25-44)63-42-52-13-2-5-17-57(52)59-19-7-9-21-61(59)63)40-65(67)66-41-51(35-39-68(66)69)45-26-30-49(31-27-45)64-43-53-14-3-6-18-58(53)60-20-8-10-22-62(60)64/h1-43H. The Kier molecular flexibility index (Phi) is 8.97. The van der Waals surface area contributed by atoms with Gasteiger partial charge >= 0.3 is 0 Å². The predicted octanol–water partition coefficient (Wildman–Crippen LogP) is 18.9. The van der Waals surface area contributed by atoms with Crippen LogP contribution in [0.25, 0.3) is 137 Å². The molecule has 0 bridgehead atoms. The van der Waals surface area contributed by atoms with E-state index in [4.69, 9.17) is 0 Å². The van der Waals surface area contributed by atoms with E-state index in [1.54, 1.807) is 0 Å². The topological polar surface area (TPSA) is 4.93 Å². The van der Waals surface area contributed by atoms with E-state index in [9.17, 15) is 0 Å².